The Morgan fingerprint density at radius 2 is 1.76 bits per heavy atom. The first-order valence-corrected chi connectivity index (χ1v) is 10.5. The molecule has 4 aromatic rings. The fourth-order valence-corrected chi connectivity index (χ4v) is 4.47. The van der Waals surface area contributed by atoms with Crippen molar-refractivity contribution in [2.75, 3.05) is 0 Å². The van der Waals surface area contributed by atoms with Crippen LogP contribution in [0.5, 0.6) is 0 Å². The van der Waals surface area contributed by atoms with Crippen LogP contribution in [-0.4, -0.2) is 26.5 Å². The lowest BCUT2D eigenvalue weighted by molar-refractivity contribution is -0.385. The van der Waals surface area contributed by atoms with Gasteiger partial charge in [-0.15, -0.1) is 11.3 Å². The Kier molecular flexibility index (Phi) is 5.71. The monoisotopic (exact) mass is 463 g/mol. The second kappa shape index (κ2) is 8.63. The van der Waals surface area contributed by atoms with Gasteiger partial charge in [0.2, 0.25) is 0 Å². The molecule has 1 amide bonds. The van der Waals surface area contributed by atoms with E-state index >= 15 is 0 Å². The summed E-state index contributed by atoms with van der Waals surface area (Å²) in [5.41, 5.74) is 5.49. The van der Waals surface area contributed by atoms with Gasteiger partial charge < -0.3 is 4.57 Å². The quantitative estimate of drug-likeness (QED) is 0.247. The molecule has 0 bridgehead atoms. The van der Waals surface area contributed by atoms with Gasteiger partial charge in [-0.25, -0.2) is 5.43 Å². The fraction of sp³-hybridized carbons (Fsp3) is 0.0909. The van der Waals surface area contributed by atoms with Crippen molar-refractivity contribution in [3.05, 3.63) is 96.7 Å². The highest BCUT2D eigenvalue weighted by Crippen LogP contribution is 2.29. The Hall–Kier alpha value is -4.38. The van der Waals surface area contributed by atoms with Crippen LogP contribution in [0.2, 0.25) is 0 Å². The number of hydrazone groups is 1. The average Bonchev–Trinajstić information content (AvgIpc) is 3.33. The number of nitro benzene ring substituents is 2. The van der Waals surface area contributed by atoms with Crippen molar-refractivity contribution in [1.29, 1.82) is 0 Å². The minimum atomic E-state index is -0.481. The summed E-state index contributed by atoms with van der Waals surface area (Å²) in [6.07, 6.45) is 1.51. The second-order valence-corrected chi connectivity index (χ2v) is 8.31. The van der Waals surface area contributed by atoms with Crippen LogP contribution in [0.15, 0.2) is 59.7 Å². The van der Waals surface area contributed by atoms with Crippen molar-refractivity contribution in [2.45, 2.75) is 13.8 Å². The number of rotatable bonds is 6. The normalized spacial score (nSPS) is 11.2. The van der Waals surface area contributed by atoms with Crippen LogP contribution < -0.4 is 5.43 Å². The van der Waals surface area contributed by atoms with E-state index in [1.807, 2.05) is 24.5 Å². The van der Waals surface area contributed by atoms with Crippen molar-refractivity contribution in [1.82, 2.24) is 9.99 Å². The number of fused-ring (bicyclic) bond motifs is 1. The number of nitro groups is 2. The molecule has 0 atom stereocenters. The third kappa shape index (κ3) is 4.34. The number of aryl methyl sites for hydroxylation is 1. The van der Waals surface area contributed by atoms with E-state index in [2.05, 4.69) is 10.5 Å². The van der Waals surface area contributed by atoms with E-state index in [-0.39, 0.29) is 11.4 Å². The molecule has 2 aromatic heterocycles. The molecule has 0 saturated heterocycles. The van der Waals surface area contributed by atoms with Gasteiger partial charge in [0.25, 0.3) is 17.3 Å². The zero-order valence-corrected chi connectivity index (χ0v) is 18.3. The summed E-state index contributed by atoms with van der Waals surface area (Å²) in [6.45, 7) is 3.73. The number of carbonyl (C=O) groups excluding carboxylic acids is 1. The van der Waals surface area contributed by atoms with Crippen LogP contribution in [0.1, 0.15) is 26.6 Å². The summed E-state index contributed by atoms with van der Waals surface area (Å²) in [4.78, 5) is 34.0. The second-order valence-electron chi connectivity index (χ2n) is 7.23. The van der Waals surface area contributed by atoms with Gasteiger partial charge in [0.1, 0.15) is 0 Å². The summed E-state index contributed by atoms with van der Waals surface area (Å²) in [7, 11) is 0. The zero-order chi connectivity index (χ0) is 23.7. The van der Waals surface area contributed by atoms with Crippen LogP contribution in [0, 0.1) is 34.1 Å². The van der Waals surface area contributed by atoms with Crippen LogP contribution in [0.3, 0.4) is 0 Å². The van der Waals surface area contributed by atoms with Crippen molar-refractivity contribution in [3.8, 4) is 5.69 Å². The highest BCUT2D eigenvalue weighted by atomic mass is 32.1. The Balaban J connectivity index is 1.53. The molecule has 0 unspecified atom stereocenters. The fourth-order valence-electron chi connectivity index (χ4n) is 3.53. The summed E-state index contributed by atoms with van der Waals surface area (Å²) in [6, 6.07) is 14.2. The molecule has 10 nitrogen and oxygen atoms in total. The number of nitrogens with zero attached hydrogens (tertiary/aromatic N) is 4. The molecule has 0 fully saturated rings. The highest BCUT2D eigenvalue weighted by Gasteiger charge is 2.14. The topological polar surface area (TPSA) is 133 Å². The minimum Gasteiger partial charge on any atom is -0.318 e. The number of non-ortho nitro benzene ring substituents is 2. The molecule has 4 rings (SSSR count). The summed E-state index contributed by atoms with van der Waals surface area (Å²) in [5, 5.41) is 26.7. The smallest absolute Gasteiger partial charge is 0.281 e. The Labute approximate surface area is 191 Å². The molecule has 0 saturated carbocycles. The first-order chi connectivity index (χ1) is 15.7. The number of aromatic nitrogens is 1. The first-order valence-electron chi connectivity index (χ1n) is 9.70. The molecule has 2 aromatic carbocycles. The van der Waals surface area contributed by atoms with Gasteiger partial charge in [0, 0.05) is 51.3 Å². The maximum atomic E-state index is 12.5. The minimum absolute atomic E-state index is 0.00357. The molecule has 0 spiro atoms. The van der Waals surface area contributed by atoms with Gasteiger partial charge >= 0.3 is 0 Å². The van der Waals surface area contributed by atoms with Crippen molar-refractivity contribution < 1.29 is 14.6 Å². The van der Waals surface area contributed by atoms with Gasteiger partial charge in [-0.1, -0.05) is 6.07 Å². The number of hydrogen-bond donors (Lipinski definition) is 1. The Morgan fingerprint density at radius 1 is 1.03 bits per heavy atom. The Morgan fingerprint density at radius 3 is 2.48 bits per heavy atom. The molecule has 1 N–H and O–H groups in total. The van der Waals surface area contributed by atoms with Crippen LogP contribution in [0.4, 0.5) is 11.4 Å². The molecule has 0 aliphatic carbocycles. The van der Waals surface area contributed by atoms with Gasteiger partial charge in [-0.05, 0) is 38.1 Å². The molecule has 0 aliphatic rings. The van der Waals surface area contributed by atoms with Crippen molar-refractivity contribution >= 4 is 44.9 Å². The van der Waals surface area contributed by atoms with Crippen LogP contribution in [-0.2, 0) is 0 Å². The molecular formula is C22H17N5O5S. The number of carbonyl (C=O) groups is 1. The third-order valence-electron chi connectivity index (χ3n) is 5.07. The summed E-state index contributed by atoms with van der Waals surface area (Å²) in [5.74, 6) is -0.428. The van der Waals surface area contributed by atoms with Crippen LogP contribution >= 0.6 is 11.3 Å². The van der Waals surface area contributed by atoms with Crippen molar-refractivity contribution in [3.63, 3.8) is 0 Å². The molecule has 11 heteroatoms. The van der Waals surface area contributed by atoms with Crippen LogP contribution in [0.25, 0.3) is 15.8 Å². The van der Waals surface area contributed by atoms with E-state index in [0.717, 1.165) is 21.7 Å². The van der Waals surface area contributed by atoms with Gasteiger partial charge in [0.15, 0.2) is 0 Å². The maximum absolute atomic E-state index is 12.5. The lowest BCUT2D eigenvalue weighted by Crippen LogP contribution is -2.16. The third-order valence-corrected chi connectivity index (χ3v) is 6.19. The van der Waals surface area contributed by atoms with Gasteiger partial charge in [0.05, 0.1) is 26.6 Å². The standard InChI is InChI=1S/C22H17N5O5S/c1-13-8-16(14(2)25(13)17-4-3-5-18(11-17)26(29)30)12-23-24-22(28)21-10-15-9-19(27(31)32)6-7-20(15)33-21/h3-12H,1-2H3,(H,24,28)/b23-12-. The largest absolute Gasteiger partial charge is 0.318 e. The molecular weight excluding hydrogens is 446 g/mol. The van der Waals surface area contributed by atoms with E-state index in [1.165, 1.54) is 41.8 Å². The lowest BCUT2D eigenvalue weighted by atomic mass is 10.2. The predicted octanol–water partition coefficient (Wildman–Crippen LogP) is 4.89. The number of amides is 1. The first kappa shape index (κ1) is 21.8. The van der Waals surface area contributed by atoms with E-state index in [9.17, 15) is 25.0 Å². The number of thiophene rings is 1. The predicted molar refractivity (Wildman–Crippen MR) is 125 cm³/mol. The average molecular weight is 463 g/mol. The summed E-state index contributed by atoms with van der Waals surface area (Å²) >= 11 is 1.22. The summed E-state index contributed by atoms with van der Waals surface area (Å²) < 4.78 is 2.63. The Bertz CT molecular complexity index is 1450. The maximum Gasteiger partial charge on any atom is 0.281 e. The van der Waals surface area contributed by atoms with Gasteiger partial charge in [-0.3, -0.25) is 25.0 Å². The lowest BCUT2D eigenvalue weighted by Gasteiger charge is -2.09. The number of nitrogens with one attached hydrogen (secondary N) is 1. The van der Waals surface area contributed by atoms with E-state index in [4.69, 9.17) is 0 Å². The molecule has 166 valence electrons. The number of hydrogen-bond acceptors (Lipinski definition) is 7. The molecule has 0 aliphatic heterocycles. The SMILES string of the molecule is Cc1cc(/C=N\NC(=O)c2cc3cc([N+](=O)[O-])ccc3s2)c(C)n1-c1cccc([N+](=O)[O-])c1. The molecule has 2 heterocycles. The van der Waals surface area contributed by atoms with Gasteiger partial charge in [-0.2, -0.15) is 5.10 Å². The van der Waals surface area contributed by atoms with E-state index in [0.29, 0.717) is 16.0 Å². The zero-order valence-electron chi connectivity index (χ0n) is 17.5. The highest BCUT2D eigenvalue weighted by molar-refractivity contribution is 7.20. The van der Waals surface area contributed by atoms with E-state index in [1.54, 1.807) is 24.3 Å². The molecule has 33 heavy (non-hydrogen) atoms. The molecule has 0 radical (unpaired) electrons. The number of benzene rings is 2. The van der Waals surface area contributed by atoms with E-state index < -0.39 is 15.8 Å². The van der Waals surface area contributed by atoms with Crippen molar-refractivity contribution in [2.24, 2.45) is 5.10 Å².